The van der Waals surface area contributed by atoms with Crippen LogP contribution in [0.3, 0.4) is 0 Å². The summed E-state index contributed by atoms with van der Waals surface area (Å²) in [6.07, 6.45) is 15.6. The van der Waals surface area contributed by atoms with Gasteiger partial charge in [-0.25, -0.2) is 0 Å². The molecule has 1 saturated carbocycles. The van der Waals surface area contributed by atoms with E-state index in [-0.39, 0.29) is 6.10 Å². The molecule has 0 aliphatic heterocycles. The number of phosphoric acid groups is 1. The number of rotatable bonds is 14. The van der Waals surface area contributed by atoms with Crippen LogP contribution in [-0.4, -0.2) is 43.8 Å². The summed E-state index contributed by atoms with van der Waals surface area (Å²) in [6.45, 7) is 9.27. The molecule has 0 bridgehead atoms. The molecule has 4 nitrogen and oxygen atoms in total. The zero-order valence-electron chi connectivity index (χ0n) is 17.7. The fourth-order valence-electron chi connectivity index (χ4n) is 3.60. The maximum atomic E-state index is 12.1. The summed E-state index contributed by atoms with van der Waals surface area (Å²) >= 11 is 0. The molecule has 1 atom stereocenters. The molecule has 0 aromatic carbocycles. The number of hydrogen-bond donors (Lipinski definition) is 1. The van der Waals surface area contributed by atoms with Crippen LogP contribution >= 0.6 is 15.1 Å². The molecule has 26 heavy (non-hydrogen) atoms. The SMILES string of the molecule is CCCCCCCCC[C@H]1CC[C@@H](OP(=O)(O)OCC[PH](C)(C)C)CC1. The van der Waals surface area contributed by atoms with Crippen molar-refractivity contribution in [1.29, 1.82) is 0 Å². The van der Waals surface area contributed by atoms with Crippen LogP contribution in [0.1, 0.15) is 84.0 Å². The Hall–Kier alpha value is 0.540. The summed E-state index contributed by atoms with van der Waals surface area (Å²) in [7, 11) is -5.14. The minimum absolute atomic E-state index is 0.108. The van der Waals surface area contributed by atoms with E-state index in [4.69, 9.17) is 9.05 Å². The molecular weight excluding hydrogens is 366 g/mol. The molecule has 0 heterocycles. The average Bonchev–Trinajstić information content (AvgIpc) is 2.54. The van der Waals surface area contributed by atoms with Crippen LogP contribution in [0.2, 0.25) is 0 Å². The second-order valence-electron chi connectivity index (χ2n) is 9.27. The van der Waals surface area contributed by atoms with Crippen molar-refractivity contribution >= 4 is 15.1 Å². The molecule has 1 unspecified atom stereocenters. The van der Waals surface area contributed by atoms with Gasteiger partial charge >= 0.3 is 123 Å². The Morgan fingerprint density at radius 2 is 1.54 bits per heavy atom. The number of unbranched alkanes of at least 4 members (excludes halogenated alkanes) is 6. The molecule has 0 aromatic rings. The second-order valence-corrected chi connectivity index (χ2v) is 16.3. The molecule has 0 radical (unpaired) electrons. The van der Waals surface area contributed by atoms with Crippen molar-refractivity contribution in [2.24, 2.45) is 5.92 Å². The second kappa shape index (κ2) is 12.9. The van der Waals surface area contributed by atoms with Crippen molar-refractivity contribution in [3.63, 3.8) is 0 Å². The van der Waals surface area contributed by atoms with Gasteiger partial charge in [0.1, 0.15) is 0 Å². The minimum atomic E-state index is -3.88. The van der Waals surface area contributed by atoms with Crippen LogP contribution in [0.5, 0.6) is 0 Å². The van der Waals surface area contributed by atoms with Gasteiger partial charge in [-0.3, -0.25) is 0 Å². The van der Waals surface area contributed by atoms with E-state index in [2.05, 4.69) is 26.9 Å². The van der Waals surface area contributed by atoms with E-state index in [0.29, 0.717) is 6.61 Å². The Balaban J connectivity index is 2.10. The van der Waals surface area contributed by atoms with E-state index in [1.165, 1.54) is 51.4 Å². The maximum absolute atomic E-state index is 12.1. The first-order valence-corrected chi connectivity index (χ1v) is 16.1. The van der Waals surface area contributed by atoms with Gasteiger partial charge in [0.15, 0.2) is 0 Å². The summed E-state index contributed by atoms with van der Waals surface area (Å²) in [5, 5.41) is 0. The monoisotopic (exact) mass is 410 g/mol. The van der Waals surface area contributed by atoms with Crippen molar-refractivity contribution in [3.05, 3.63) is 0 Å². The van der Waals surface area contributed by atoms with E-state index >= 15 is 0 Å². The van der Waals surface area contributed by atoms with Crippen LogP contribution in [0.4, 0.5) is 0 Å². The van der Waals surface area contributed by atoms with Gasteiger partial charge in [-0.15, -0.1) is 0 Å². The Bertz CT molecular complexity index is 401. The van der Waals surface area contributed by atoms with Gasteiger partial charge in [0, 0.05) is 0 Å². The van der Waals surface area contributed by atoms with Gasteiger partial charge in [0.2, 0.25) is 0 Å². The summed E-state index contributed by atoms with van der Waals surface area (Å²) in [5.41, 5.74) is 0. The van der Waals surface area contributed by atoms with Crippen LogP contribution in [0.25, 0.3) is 0 Å². The summed E-state index contributed by atoms with van der Waals surface area (Å²) < 4.78 is 22.7. The van der Waals surface area contributed by atoms with Gasteiger partial charge in [-0.1, -0.05) is 39.0 Å². The molecule has 0 aromatic heterocycles. The molecule has 158 valence electrons. The van der Waals surface area contributed by atoms with E-state index < -0.39 is 15.1 Å². The van der Waals surface area contributed by atoms with E-state index in [0.717, 1.165) is 37.8 Å². The first-order valence-electron chi connectivity index (χ1n) is 10.9. The van der Waals surface area contributed by atoms with Gasteiger partial charge in [0.05, 0.1) is 0 Å². The molecule has 6 heteroatoms. The zero-order chi connectivity index (χ0) is 19.5. The molecular formula is C20H44O4P2. The molecule has 1 aliphatic carbocycles. The van der Waals surface area contributed by atoms with Crippen molar-refractivity contribution < 1.29 is 18.5 Å². The molecule has 0 spiro atoms. The third-order valence-corrected chi connectivity index (χ3v) is 8.18. The molecule has 1 rings (SSSR count). The van der Waals surface area contributed by atoms with Crippen molar-refractivity contribution in [3.8, 4) is 0 Å². The zero-order valence-corrected chi connectivity index (χ0v) is 19.6. The predicted octanol–water partition coefficient (Wildman–Crippen LogP) is 6.46. The Kier molecular flexibility index (Phi) is 12.2. The summed E-state index contributed by atoms with van der Waals surface area (Å²) in [4.78, 5) is 9.92. The third kappa shape index (κ3) is 12.8. The van der Waals surface area contributed by atoms with E-state index in [1.54, 1.807) is 0 Å². The number of hydrogen-bond acceptors (Lipinski definition) is 3. The van der Waals surface area contributed by atoms with Crippen LogP contribution in [0.15, 0.2) is 0 Å². The van der Waals surface area contributed by atoms with Gasteiger partial charge < -0.3 is 0 Å². The first-order chi connectivity index (χ1) is 12.2. The normalized spacial score (nSPS) is 24.3. The fraction of sp³-hybridized carbons (Fsp3) is 1.00. The average molecular weight is 411 g/mol. The molecule has 1 fully saturated rings. The van der Waals surface area contributed by atoms with Crippen molar-refractivity contribution in [2.45, 2.75) is 90.1 Å². The Labute approximate surface area is 162 Å². The molecule has 1 aliphatic rings. The van der Waals surface area contributed by atoms with Crippen LogP contribution in [0, 0.1) is 5.92 Å². The van der Waals surface area contributed by atoms with E-state index in [1.807, 2.05) is 0 Å². The quantitative estimate of drug-likeness (QED) is 0.264. The summed E-state index contributed by atoms with van der Waals surface area (Å²) in [5.74, 6) is 0.774. The first kappa shape index (κ1) is 24.6. The Morgan fingerprint density at radius 1 is 0.962 bits per heavy atom. The molecule has 1 N–H and O–H groups in total. The van der Waals surface area contributed by atoms with Crippen molar-refractivity contribution in [2.75, 3.05) is 32.8 Å². The van der Waals surface area contributed by atoms with Crippen LogP contribution in [-0.2, 0) is 13.6 Å². The van der Waals surface area contributed by atoms with Gasteiger partial charge in [-0.2, -0.15) is 0 Å². The van der Waals surface area contributed by atoms with E-state index in [9.17, 15) is 9.46 Å². The Morgan fingerprint density at radius 3 is 2.12 bits per heavy atom. The van der Waals surface area contributed by atoms with Gasteiger partial charge in [0.25, 0.3) is 0 Å². The van der Waals surface area contributed by atoms with Crippen molar-refractivity contribution in [1.82, 2.24) is 0 Å². The van der Waals surface area contributed by atoms with Crippen LogP contribution < -0.4 is 0 Å². The molecule has 0 saturated heterocycles. The fourth-order valence-corrected chi connectivity index (χ4v) is 5.46. The number of phosphoric ester groups is 1. The topological polar surface area (TPSA) is 55.8 Å². The van der Waals surface area contributed by atoms with Gasteiger partial charge in [-0.05, 0) is 0 Å². The summed E-state index contributed by atoms with van der Waals surface area (Å²) in [6, 6.07) is 0. The standard InChI is InChI=1S/C20H44O4P2/c1-5-6-7-8-9-10-11-12-19-13-15-20(16-14-19)24-26(21,22)23-17-18-25(2,3)4/h19-20,25H,5-18H2,1-4H3,(H,21,22)/t19-,20+. The third-order valence-electron chi connectivity index (χ3n) is 5.40. The molecule has 0 amide bonds. The predicted molar refractivity (Wildman–Crippen MR) is 116 cm³/mol.